The quantitative estimate of drug-likeness (QED) is 0.897. The first-order valence-corrected chi connectivity index (χ1v) is 6.23. The maximum absolute atomic E-state index is 12.9. The maximum Gasteiger partial charge on any atom is 0.320 e. The third kappa shape index (κ3) is 2.53. The first-order valence-electron chi connectivity index (χ1n) is 6.23. The number of hydrogen-bond donors (Lipinski definition) is 1. The Labute approximate surface area is 106 Å². The fourth-order valence-corrected chi connectivity index (χ4v) is 2.71. The molecule has 0 bridgehead atoms. The monoisotopic (exact) mass is 251 g/mol. The van der Waals surface area contributed by atoms with Crippen molar-refractivity contribution in [3.05, 3.63) is 35.6 Å². The second kappa shape index (κ2) is 5.06. The highest BCUT2D eigenvalue weighted by atomic mass is 19.1. The van der Waals surface area contributed by atoms with Gasteiger partial charge >= 0.3 is 5.97 Å². The summed E-state index contributed by atoms with van der Waals surface area (Å²) >= 11 is 0. The van der Waals surface area contributed by atoms with Crippen molar-refractivity contribution in [3.8, 4) is 0 Å². The number of benzene rings is 1. The smallest absolute Gasteiger partial charge is 0.320 e. The van der Waals surface area contributed by atoms with Crippen LogP contribution in [0.2, 0.25) is 0 Å². The highest BCUT2D eigenvalue weighted by Gasteiger charge is 2.35. The summed E-state index contributed by atoms with van der Waals surface area (Å²) in [6, 6.07) is 6.28. The third-order valence-corrected chi connectivity index (χ3v) is 3.82. The average molecular weight is 251 g/mol. The van der Waals surface area contributed by atoms with Gasteiger partial charge in [-0.05, 0) is 43.9 Å². The van der Waals surface area contributed by atoms with Crippen LogP contribution in [0.4, 0.5) is 4.39 Å². The van der Waals surface area contributed by atoms with E-state index in [1.54, 1.807) is 19.1 Å². The number of carboxylic acids is 1. The predicted molar refractivity (Wildman–Crippen MR) is 67.0 cm³/mol. The maximum atomic E-state index is 12.9. The first kappa shape index (κ1) is 13.0. The van der Waals surface area contributed by atoms with Gasteiger partial charge in [0.15, 0.2) is 0 Å². The van der Waals surface area contributed by atoms with E-state index >= 15 is 0 Å². The Hall–Kier alpha value is -1.42. The minimum Gasteiger partial charge on any atom is -0.480 e. The standard InChI is InChI=1S/C14H18FNO2/c1-9-7-12(8-16(9)10(2)14(17)18)11-3-5-13(15)6-4-11/h3-6,9-10,12H,7-8H2,1-2H3,(H,17,18)/t9-,10+,12+/m1/s1. The molecular formula is C14H18FNO2. The van der Waals surface area contributed by atoms with Crippen LogP contribution in [-0.2, 0) is 4.79 Å². The van der Waals surface area contributed by atoms with E-state index in [9.17, 15) is 9.18 Å². The Kier molecular flexibility index (Phi) is 3.66. The fourth-order valence-electron chi connectivity index (χ4n) is 2.71. The van der Waals surface area contributed by atoms with E-state index < -0.39 is 12.0 Å². The fraction of sp³-hybridized carbons (Fsp3) is 0.500. The van der Waals surface area contributed by atoms with Gasteiger partial charge in [0.05, 0.1) is 0 Å². The predicted octanol–water partition coefficient (Wildman–Crippen LogP) is 2.48. The summed E-state index contributed by atoms with van der Waals surface area (Å²) in [5, 5.41) is 9.06. The first-order chi connectivity index (χ1) is 8.49. The Morgan fingerprint density at radius 2 is 2.06 bits per heavy atom. The van der Waals surface area contributed by atoms with Crippen molar-refractivity contribution in [1.29, 1.82) is 0 Å². The molecule has 0 unspecified atom stereocenters. The van der Waals surface area contributed by atoms with Crippen LogP contribution < -0.4 is 0 Å². The number of hydrogen-bond acceptors (Lipinski definition) is 2. The number of carboxylic acid groups (broad SMARTS) is 1. The lowest BCUT2D eigenvalue weighted by Crippen LogP contribution is -2.41. The molecule has 18 heavy (non-hydrogen) atoms. The van der Waals surface area contributed by atoms with Crippen LogP contribution in [0.3, 0.4) is 0 Å². The number of halogens is 1. The highest BCUT2D eigenvalue weighted by Crippen LogP contribution is 2.32. The Morgan fingerprint density at radius 3 is 2.61 bits per heavy atom. The Bertz CT molecular complexity index is 432. The molecule has 1 aromatic rings. The van der Waals surface area contributed by atoms with Crippen molar-refractivity contribution in [2.24, 2.45) is 0 Å². The Morgan fingerprint density at radius 1 is 1.44 bits per heavy atom. The van der Waals surface area contributed by atoms with Crippen LogP contribution >= 0.6 is 0 Å². The van der Waals surface area contributed by atoms with Gasteiger partial charge in [-0.1, -0.05) is 12.1 Å². The molecule has 0 aliphatic carbocycles. The molecule has 3 nitrogen and oxygen atoms in total. The zero-order chi connectivity index (χ0) is 13.3. The van der Waals surface area contributed by atoms with Gasteiger partial charge in [0, 0.05) is 12.6 Å². The molecule has 0 amide bonds. The number of nitrogens with zero attached hydrogens (tertiary/aromatic N) is 1. The number of aliphatic carboxylic acids is 1. The van der Waals surface area contributed by atoms with Crippen molar-refractivity contribution in [2.45, 2.75) is 38.3 Å². The largest absolute Gasteiger partial charge is 0.480 e. The summed E-state index contributed by atoms with van der Waals surface area (Å²) in [5.74, 6) is -0.732. The molecule has 1 aromatic carbocycles. The average Bonchev–Trinajstić information content (AvgIpc) is 2.71. The molecule has 4 heteroatoms. The van der Waals surface area contributed by atoms with Crippen molar-refractivity contribution < 1.29 is 14.3 Å². The molecule has 1 fully saturated rings. The summed E-state index contributed by atoms with van der Waals surface area (Å²) in [7, 11) is 0. The number of likely N-dealkylation sites (tertiary alicyclic amines) is 1. The molecule has 1 aliphatic rings. The Balaban J connectivity index is 2.11. The van der Waals surface area contributed by atoms with Crippen molar-refractivity contribution in [1.82, 2.24) is 4.90 Å². The van der Waals surface area contributed by atoms with Gasteiger partial charge in [0.1, 0.15) is 11.9 Å². The topological polar surface area (TPSA) is 40.5 Å². The minimum atomic E-state index is -0.790. The molecule has 2 rings (SSSR count). The van der Waals surface area contributed by atoms with E-state index in [1.165, 1.54) is 12.1 Å². The van der Waals surface area contributed by atoms with Gasteiger partial charge in [-0.2, -0.15) is 0 Å². The molecular weight excluding hydrogens is 233 g/mol. The molecule has 1 aliphatic heterocycles. The second-order valence-corrected chi connectivity index (χ2v) is 5.04. The van der Waals surface area contributed by atoms with Crippen molar-refractivity contribution >= 4 is 5.97 Å². The van der Waals surface area contributed by atoms with Gasteiger partial charge < -0.3 is 5.11 Å². The second-order valence-electron chi connectivity index (χ2n) is 5.04. The van der Waals surface area contributed by atoms with E-state index in [2.05, 4.69) is 0 Å². The normalized spacial score (nSPS) is 26.2. The van der Waals surface area contributed by atoms with Crippen molar-refractivity contribution in [2.75, 3.05) is 6.54 Å². The van der Waals surface area contributed by atoms with Crippen LogP contribution in [0, 0.1) is 5.82 Å². The van der Waals surface area contributed by atoms with Gasteiger partial charge in [-0.15, -0.1) is 0 Å². The van der Waals surface area contributed by atoms with Gasteiger partial charge in [-0.25, -0.2) is 4.39 Å². The van der Waals surface area contributed by atoms with E-state index in [0.717, 1.165) is 18.5 Å². The summed E-state index contributed by atoms with van der Waals surface area (Å²) in [4.78, 5) is 13.0. The number of carbonyl (C=O) groups is 1. The minimum absolute atomic E-state index is 0.236. The summed E-state index contributed by atoms with van der Waals surface area (Å²) in [6.07, 6.45) is 0.920. The van der Waals surface area contributed by atoms with Gasteiger partial charge in [0.25, 0.3) is 0 Å². The molecule has 0 saturated carbocycles. The molecule has 98 valence electrons. The SMILES string of the molecule is C[C@@H]1C[C@H](c2ccc(F)cc2)CN1[C@@H](C)C(=O)O. The van der Waals surface area contributed by atoms with Crippen LogP contribution in [0.5, 0.6) is 0 Å². The van der Waals surface area contributed by atoms with Gasteiger partial charge in [0.2, 0.25) is 0 Å². The van der Waals surface area contributed by atoms with Gasteiger partial charge in [-0.3, -0.25) is 9.69 Å². The van der Waals surface area contributed by atoms with E-state index in [4.69, 9.17) is 5.11 Å². The molecule has 0 aromatic heterocycles. The lowest BCUT2D eigenvalue weighted by molar-refractivity contribution is -0.142. The van der Waals surface area contributed by atoms with Crippen LogP contribution in [0.1, 0.15) is 31.7 Å². The molecule has 0 spiro atoms. The van der Waals surface area contributed by atoms with Crippen molar-refractivity contribution in [3.63, 3.8) is 0 Å². The highest BCUT2D eigenvalue weighted by molar-refractivity contribution is 5.73. The van der Waals surface area contributed by atoms with Crippen LogP contribution in [-0.4, -0.2) is 34.6 Å². The lowest BCUT2D eigenvalue weighted by Gasteiger charge is -2.25. The summed E-state index contributed by atoms with van der Waals surface area (Å²) in [5.41, 5.74) is 1.09. The van der Waals surface area contributed by atoms with Crippen LogP contribution in [0.15, 0.2) is 24.3 Å². The lowest BCUT2D eigenvalue weighted by atomic mass is 9.97. The molecule has 1 heterocycles. The van der Waals surface area contributed by atoms with E-state index in [1.807, 2.05) is 11.8 Å². The number of rotatable bonds is 3. The van der Waals surface area contributed by atoms with E-state index in [0.29, 0.717) is 5.92 Å². The molecule has 1 N–H and O–H groups in total. The molecule has 0 radical (unpaired) electrons. The van der Waals surface area contributed by atoms with E-state index in [-0.39, 0.29) is 11.9 Å². The molecule has 1 saturated heterocycles. The zero-order valence-corrected chi connectivity index (χ0v) is 10.6. The summed E-state index contributed by atoms with van der Waals surface area (Å²) < 4.78 is 12.9. The molecule has 3 atom stereocenters. The third-order valence-electron chi connectivity index (χ3n) is 3.82. The van der Waals surface area contributed by atoms with Crippen LogP contribution in [0.25, 0.3) is 0 Å². The summed E-state index contributed by atoms with van der Waals surface area (Å²) in [6.45, 7) is 4.48. The zero-order valence-electron chi connectivity index (χ0n) is 10.6.